The van der Waals surface area contributed by atoms with Crippen molar-refractivity contribution in [1.82, 2.24) is 5.32 Å². The predicted octanol–water partition coefficient (Wildman–Crippen LogP) is 3.14. The second-order valence-corrected chi connectivity index (χ2v) is 7.38. The summed E-state index contributed by atoms with van der Waals surface area (Å²) >= 11 is 0. The molecule has 1 aliphatic carbocycles. The number of hydrogen-bond donors (Lipinski definition) is 1. The number of hydrogen-bond acceptors (Lipinski definition) is 3. The molecule has 1 aromatic rings. The van der Waals surface area contributed by atoms with Crippen molar-refractivity contribution in [3.05, 3.63) is 35.9 Å². The summed E-state index contributed by atoms with van der Waals surface area (Å²) in [6, 6.07) is 10.9. The van der Waals surface area contributed by atoms with Crippen molar-refractivity contribution in [2.75, 3.05) is 6.54 Å². The molecule has 2 aliphatic rings. The van der Waals surface area contributed by atoms with E-state index < -0.39 is 0 Å². The first-order chi connectivity index (χ1) is 10.0. The summed E-state index contributed by atoms with van der Waals surface area (Å²) in [6.45, 7) is 8.37. The normalized spacial score (nSPS) is 32.9. The monoisotopic (exact) mass is 289 g/mol. The average molecular weight is 289 g/mol. The number of benzene rings is 1. The SMILES string of the molecule is CC(C)(C)C1CN[C@H]2CC[C@@H](OCc3ccccc3)[C@H]2O1. The maximum atomic E-state index is 6.39. The Morgan fingerprint density at radius 2 is 1.95 bits per heavy atom. The van der Waals surface area contributed by atoms with Gasteiger partial charge in [-0.2, -0.15) is 0 Å². The molecule has 1 heterocycles. The summed E-state index contributed by atoms with van der Waals surface area (Å²) in [5.41, 5.74) is 1.40. The average Bonchev–Trinajstić information content (AvgIpc) is 2.87. The van der Waals surface area contributed by atoms with Gasteiger partial charge in [-0.3, -0.25) is 0 Å². The summed E-state index contributed by atoms with van der Waals surface area (Å²) in [5, 5.41) is 3.66. The van der Waals surface area contributed by atoms with E-state index in [2.05, 4.69) is 50.4 Å². The van der Waals surface area contributed by atoms with Gasteiger partial charge in [0.2, 0.25) is 0 Å². The summed E-state index contributed by atoms with van der Waals surface area (Å²) in [7, 11) is 0. The van der Waals surface area contributed by atoms with Crippen molar-refractivity contribution in [2.24, 2.45) is 5.41 Å². The highest BCUT2D eigenvalue weighted by Crippen LogP contribution is 2.34. The largest absolute Gasteiger partial charge is 0.371 e. The van der Waals surface area contributed by atoms with Gasteiger partial charge >= 0.3 is 0 Å². The van der Waals surface area contributed by atoms with Crippen molar-refractivity contribution >= 4 is 0 Å². The van der Waals surface area contributed by atoms with E-state index in [0.717, 1.165) is 19.4 Å². The van der Waals surface area contributed by atoms with Crippen LogP contribution >= 0.6 is 0 Å². The molecule has 0 amide bonds. The number of nitrogens with one attached hydrogen (secondary N) is 1. The summed E-state index contributed by atoms with van der Waals surface area (Å²) in [6.07, 6.45) is 2.92. The molecular formula is C18H27NO2. The van der Waals surface area contributed by atoms with Gasteiger partial charge in [0.1, 0.15) is 0 Å². The molecule has 0 bridgehead atoms. The number of ether oxygens (including phenoxy) is 2. The first-order valence-corrected chi connectivity index (χ1v) is 8.08. The molecule has 2 fully saturated rings. The van der Waals surface area contributed by atoms with E-state index in [1.165, 1.54) is 5.56 Å². The van der Waals surface area contributed by atoms with Gasteiger partial charge in [0.05, 0.1) is 24.9 Å². The summed E-state index contributed by atoms with van der Waals surface area (Å²) in [4.78, 5) is 0. The fourth-order valence-electron chi connectivity index (χ4n) is 3.29. The van der Waals surface area contributed by atoms with Crippen molar-refractivity contribution < 1.29 is 9.47 Å². The van der Waals surface area contributed by atoms with E-state index in [9.17, 15) is 0 Å². The van der Waals surface area contributed by atoms with Crippen LogP contribution in [0.25, 0.3) is 0 Å². The van der Waals surface area contributed by atoms with Gasteiger partial charge in [0.25, 0.3) is 0 Å². The molecule has 21 heavy (non-hydrogen) atoms. The Morgan fingerprint density at radius 1 is 1.19 bits per heavy atom. The third-order valence-electron chi connectivity index (χ3n) is 4.68. The van der Waals surface area contributed by atoms with Crippen molar-refractivity contribution in [2.45, 2.75) is 64.6 Å². The van der Waals surface area contributed by atoms with Crippen LogP contribution in [0, 0.1) is 5.41 Å². The smallest absolute Gasteiger partial charge is 0.0993 e. The second-order valence-electron chi connectivity index (χ2n) is 7.38. The highest BCUT2D eigenvalue weighted by molar-refractivity contribution is 5.13. The lowest BCUT2D eigenvalue weighted by atomic mass is 9.87. The molecule has 3 rings (SSSR count). The van der Waals surface area contributed by atoms with Gasteiger partial charge in [0.15, 0.2) is 0 Å². The topological polar surface area (TPSA) is 30.5 Å². The summed E-state index contributed by atoms with van der Waals surface area (Å²) < 4.78 is 12.5. The maximum Gasteiger partial charge on any atom is 0.0993 e. The van der Waals surface area contributed by atoms with E-state index in [0.29, 0.717) is 12.6 Å². The zero-order chi connectivity index (χ0) is 14.9. The Labute approximate surface area is 128 Å². The lowest BCUT2D eigenvalue weighted by molar-refractivity contribution is -0.145. The van der Waals surface area contributed by atoms with Crippen LogP contribution < -0.4 is 5.32 Å². The molecule has 1 N–H and O–H groups in total. The number of rotatable bonds is 3. The minimum atomic E-state index is 0.171. The first-order valence-electron chi connectivity index (χ1n) is 8.08. The van der Waals surface area contributed by atoms with Crippen LogP contribution in [-0.2, 0) is 16.1 Å². The molecule has 1 unspecified atom stereocenters. The van der Waals surface area contributed by atoms with Crippen LogP contribution in [0.4, 0.5) is 0 Å². The Morgan fingerprint density at radius 3 is 2.67 bits per heavy atom. The van der Waals surface area contributed by atoms with E-state index in [1.807, 2.05) is 6.07 Å². The zero-order valence-corrected chi connectivity index (χ0v) is 13.3. The molecule has 1 saturated carbocycles. The minimum Gasteiger partial charge on any atom is -0.371 e. The van der Waals surface area contributed by atoms with Gasteiger partial charge in [-0.1, -0.05) is 51.1 Å². The highest BCUT2D eigenvalue weighted by atomic mass is 16.6. The Kier molecular flexibility index (Phi) is 4.34. The van der Waals surface area contributed by atoms with Gasteiger partial charge < -0.3 is 14.8 Å². The van der Waals surface area contributed by atoms with Crippen LogP contribution in [0.5, 0.6) is 0 Å². The second kappa shape index (κ2) is 6.07. The molecule has 3 nitrogen and oxygen atoms in total. The van der Waals surface area contributed by atoms with Gasteiger partial charge in [-0.05, 0) is 23.8 Å². The molecule has 1 aromatic carbocycles. The molecular weight excluding hydrogens is 262 g/mol. The predicted molar refractivity (Wildman–Crippen MR) is 84.2 cm³/mol. The molecule has 3 heteroatoms. The van der Waals surface area contributed by atoms with E-state index >= 15 is 0 Å². The van der Waals surface area contributed by atoms with Crippen molar-refractivity contribution in [3.63, 3.8) is 0 Å². The number of fused-ring (bicyclic) bond motifs is 1. The molecule has 0 spiro atoms. The Balaban J connectivity index is 1.59. The van der Waals surface area contributed by atoms with Crippen LogP contribution in [0.3, 0.4) is 0 Å². The van der Waals surface area contributed by atoms with Crippen LogP contribution in [-0.4, -0.2) is 30.9 Å². The third kappa shape index (κ3) is 3.47. The molecule has 116 valence electrons. The van der Waals surface area contributed by atoms with Gasteiger partial charge in [-0.25, -0.2) is 0 Å². The standard InChI is InChI=1S/C18H27NO2/c1-18(2,3)16-11-19-14-9-10-15(17(14)21-16)20-12-13-7-5-4-6-8-13/h4-8,14-17,19H,9-12H2,1-3H3/t14-,15+,16?,17-/m0/s1. The lowest BCUT2D eigenvalue weighted by Gasteiger charge is -2.41. The first kappa shape index (κ1) is 15.0. The quantitative estimate of drug-likeness (QED) is 0.927. The molecule has 0 radical (unpaired) electrons. The molecule has 0 aromatic heterocycles. The van der Waals surface area contributed by atoms with Gasteiger partial charge in [0, 0.05) is 12.6 Å². The third-order valence-corrected chi connectivity index (χ3v) is 4.68. The summed E-state index contributed by atoms with van der Waals surface area (Å²) in [5.74, 6) is 0. The van der Waals surface area contributed by atoms with Crippen LogP contribution in [0.15, 0.2) is 30.3 Å². The molecule has 4 atom stereocenters. The van der Waals surface area contributed by atoms with Crippen LogP contribution in [0.2, 0.25) is 0 Å². The van der Waals surface area contributed by atoms with Crippen molar-refractivity contribution in [1.29, 1.82) is 0 Å². The van der Waals surface area contributed by atoms with Gasteiger partial charge in [-0.15, -0.1) is 0 Å². The fraction of sp³-hybridized carbons (Fsp3) is 0.667. The van der Waals surface area contributed by atoms with Crippen molar-refractivity contribution in [3.8, 4) is 0 Å². The van der Waals surface area contributed by atoms with Crippen LogP contribution in [0.1, 0.15) is 39.2 Å². The number of morpholine rings is 1. The maximum absolute atomic E-state index is 6.39. The lowest BCUT2D eigenvalue weighted by Crippen LogP contribution is -2.56. The Bertz CT molecular complexity index is 454. The minimum absolute atomic E-state index is 0.171. The molecule has 1 aliphatic heterocycles. The zero-order valence-electron chi connectivity index (χ0n) is 13.3. The van der Waals surface area contributed by atoms with E-state index in [4.69, 9.17) is 9.47 Å². The Hall–Kier alpha value is -0.900. The van der Waals surface area contributed by atoms with E-state index in [-0.39, 0.29) is 23.7 Å². The van der Waals surface area contributed by atoms with E-state index in [1.54, 1.807) is 0 Å². The molecule has 1 saturated heterocycles. The fourth-order valence-corrected chi connectivity index (χ4v) is 3.29. The highest BCUT2D eigenvalue weighted by Gasteiger charge is 2.44.